The Hall–Kier alpha value is -1.10. The van der Waals surface area contributed by atoms with Crippen molar-refractivity contribution in [2.75, 3.05) is 26.2 Å². The first-order chi connectivity index (χ1) is 8.81. The fraction of sp³-hybridized carbons (Fsp3) is 0.857. The van der Waals surface area contributed by atoms with Gasteiger partial charge in [0.05, 0.1) is 19.1 Å². The number of ether oxygens (including phenoxy) is 2. The van der Waals surface area contributed by atoms with Gasteiger partial charge in [0, 0.05) is 6.54 Å². The highest BCUT2D eigenvalue weighted by atomic mass is 16.6. The van der Waals surface area contributed by atoms with E-state index in [1.165, 1.54) is 0 Å². The second kappa shape index (κ2) is 6.89. The Morgan fingerprint density at radius 2 is 2.00 bits per heavy atom. The Morgan fingerprint density at radius 3 is 2.58 bits per heavy atom. The number of likely N-dealkylation sites (tertiary alicyclic amines) is 1. The first-order valence-corrected chi connectivity index (χ1v) is 6.92. The van der Waals surface area contributed by atoms with Crippen LogP contribution in [0.2, 0.25) is 0 Å². The molecule has 1 atom stereocenters. The fourth-order valence-corrected chi connectivity index (χ4v) is 2.21. The molecule has 5 nitrogen and oxygen atoms in total. The molecule has 0 aromatic heterocycles. The molecular weight excluding hydrogens is 246 g/mol. The van der Waals surface area contributed by atoms with Crippen LogP contribution in [0.5, 0.6) is 0 Å². The molecule has 1 saturated heterocycles. The average molecular weight is 271 g/mol. The monoisotopic (exact) mass is 271 g/mol. The smallest absolute Gasteiger partial charge is 0.320 e. The predicted molar refractivity (Wildman–Crippen MR) is 71.6 cm³/mol. The number of rotatable bonds is 4. The highest BCUT2D eigenvalue weighted by Gasteiger charge is 2.28. The van der Waals surface area contributed by atoms with Crippen molar-refractivity contribution in [3.63, 3.8) is 0 Å². The number of hydrogen-bond donors (Lipinski definition) is 0. The van der Waals surface area contributed by atoms with E-state index in [4.69, 9.17) is 9.47 Å². The van der Waals surface area contributed by atoms with E-state index in [-0.39, 0.29) is 24.4 Å². The van der Waals surface area contributed by atoms with E-state index in [1.54, 1.807) is 6.92 Å². The van der Waals surface area contributed by atoms with E-state index in [0.717, 1.165) is 19.4 Å². The third-order valence-corrected chi connectivity index (χ3v) is 2.90. The summed E-state index contributed by atoms with van der Waals surface area (Å²) in [6.45, 7) is 9.41. The maximum absolute atomic E-state index is 11.7. The van der Waals surface area contributed by atoms with E-state index in [0.29, 0.717) is 13.2 Å². The molecule has 0 aromatic rings. The lowest BCUT2D eigenvalue weighted by Gasteiger charge is -2.31. The summed E-state index contributed by atoms with van der Waals surface area (Å²) in [5.74, 6) is -0.510. The molecule has 1 rings (SSSR count). The van der Waals surface area contributed by atoms with Crippen LogP contribution in [0.3, 0.4) is 0 Å². The number of esters is 2. The van der Waals surface area contributed by atoms with Gasteiger partial charge >= 0.3 is 11.9 Å². The molecule has 0 aromatic carbocycles. The van der Waals surface area contributed by atoms with Gasteiger partial charge in [-0.1, -0.05) is 0 Å². The molecule has 0 saturated carbocycles. The molecule has 0 bridgehead atoms. The maximum atomic E-state index is 11.7. The van der Waals surface area contributed by atoms with Crippen LogP contribution in [-0.2, 0) is 19.1 Å². The van der Waals surface area contributed by atoms with Crippen molar-refractivity contribution in [1.29, 1.82) is 0 Å². The molecule has 5 heteroatoms. The minimum Gasteiger partial charge on any atom is -0.466 e. The molecular formula is C14H25NO4. The predicted octanol–water partition coefficient (Wildman–Crippen LogP) is 1.60. The zero-order valence-electron chi connectivity index (χ0n) is 12.4. The first-order valence-electron chi connectivity index (χ1n) is 6.92. The van der Waals surface area contributed by atoms with E-state index in [9.17, 15) is 9.59 Å². The standard InChI is InChI=1S/C14H25NO4/c1-5-18-13(17)11-7-6-8-15(9-11)10-12(16)19-14(2,3)4/h11H,5-10H2,1-4H3. The van der Waals surface area contributed by atoms with Crippen LogP contribution in [-0.4, -0.2) is 48.7 Å². The first kappa shape index (κ1) is 16.0. The van der Waals surface area contributed by atoms with Gasteiger partial charge in [-0.05, 0) is 47.1 Å². The highest BCUT2D eigenvalue weighted by Crippen LogP contribution is 2.18. The van der Waals surface area contributed by atoms with Crippen molar-refractivity contribution < 1.29 is 19.1 Å². The average Bonchev–Trinajstić information content (AvgIpc) is 2.27. The van der Waals surface area contributed by atoms with E-state index >= 15 is 0 Å². The minimum atomic E-state index is -0.465. The van der Waals surface area contributed by atoms with Gasteiger partial charge in [0.1, 0.15) is 5.60 Å². The number of hydrogen-bond acceptors (Lipinski definition) is 5. The second-order valence-electron chi connectivity index (χ2n) is 5.91. The molecule has 0 aliphatic carbocycles. The second-order valence-corrected chi connectivity index (χ2v) is 5.91. The van der Waals surface area contributed by atoms with Crippen LogP contribution >= 0.6 is 0 Å². The third-order valence-electron chi connectivity index (χ3n) is 2.90. The topological polar surface area (TPSA) is 55.8 Å². The van der Waals surface area contributed by atoms with Crippen LogP contribution in [0.15, 0.2) is 0 Å². The van der Waals surface area contributed by atoms with Crippen molar-refractivity contribution >= 4 is 11.9 Å². The molecule has 1 aliphatic rings. The minimum absolute atomic E-state index is 0.115. The zero-order valence-corrected chi connectivity index (χ0v) is 12.4. The van der Waals surface area contributed by atoms with Gasteiger partial charge in [-0.15, -0.1) is 0 Å². The molecule has 0 amide bonds. The Morgan fingerprint density at radius 1 is 1.32 bits per heavy atom. The lowest BCUT2D eigenvalue weighted by atomic mass is 9.98. The van der Waals surface area contributed by atoms with Gasteiger partial charge < -0.3 is 9.47 Å². The summed E-state index contributed by atoms with van der Waals surface area (Å²) in [6, 6.07) is 0. The molecule has 1 unspecified atom stereocenters. The Balaban J connectivity index is 2.42. The summed E-state index contributed by atoms with van der Waals surface area (Å²) in [5.41, 5.74) is -0.465. The van der Waals surface area contributed by atoms with Crippen molar-refractivity contribution in [3.8, 4) is 0 Å². The van der Waals surface area contributed by atoms with Crippen molar-refractivity contribution in [2.45, 2.75) is 46.1 Å². The summed E-state index contributed by atoms with van der Waals surface area (Å²) < 4.78 is 10.3. The molecule has 0 N–H and O–H groups in total. The van der Waals surface area contributed by atoms with Crippen LogP contribution in [0.1, 0.15) is 40.5 Å². The maximum Gasteiger partial charge on any atom is 0.320 e. The molecule has 0 spiro atoms. The van der Waals surface area contributed by atoms with Gasteiger partial charge in [0.25, 0.3) is 0 Å². The largest absolute Gasteiger partial charge is 0.466 e. The number of nitrogens with zero attached hydrogens (tertiary/aromatic N) is 1. The number of carbonyl (C=O) groups excluding carboxylic acids is 2. The van der Waals surface area contributed by atoms with Gasteiger partial charge in [0.2, 0.25) is 0 Å². The molecule has 19 heavy (non-hydrogen) atoms. The third kappa shape index (κ3) is 6.05. The zero-order chi connectivity index (χ0) is 14.5. The molecule has 0 radical (unpaired) electrons. The lowest BCUT2D eigenvalue weighted by molar-refractivity contribution is -0.158. The van der Waals surface area contributed by atoms with E-state index < -0.39 is 5.60 Å². The summed E-state index contributed by atoms with van der Waals surface area (Å²) in [5, 5.41) is 0. The summed E-state index contributed by atoms with van der Waals surface area (Å²) >= 11 is 0. The summed E-state index contributed by atoms with van der Waals surface area (Å²) in [7, 11) is 0. The van der Waals surface area contributed by atoms with Crippen LogP contribution in [0, 0.1) is 5.92 Å². The lowest BCUT2D eigenvalue weighted by Crippen LogP contribution is -2.43. The van der Waals surface area contributed by atoms with Gasteiger partial charge in [-0.2, -0.15) is 0 Å². The van der Waals surface area contributed by atoms with Gasteiger partial charge in [-0.3, -0.25) is 14.5 Å². The normalized spacial score (nSPS) is 20.9. The van der Waals surface area contributed by atoms with Crippen molar-refractivity contribution in [3.05, 3.63) is 0 Å². The Labute approximate surface area is 115 Å². The van der Waals surface area contributed by atoms with Crippen LogP contribution < -0.4 is 0 Å². The van der Waals surface area contributed by atoms with Gasteiger partial charge in [-0.25, -0.2) is 0 Å². The Kier molecular flexibility index (Phi) is 5.79. The highest BCUT2D eigenvalue weighted by molar-refractivity contribution is 5.74. The quantitative estimate of drug-likeness (QED) is 0.727. The number of carbonyl (C=O) groups is 2. The van der Waals surface area contributed by atoms with Crippen molar-refractivity contribution in [2.24, 2.45) is 5.92 Å². The number of piperidine rings is 1. The van der Waals surface area contributed by atoms with E-state index in [1.807, 2.05) is 25.7 Å². The summed E-state index contributed by atoms with van der Waals surface area (Å²) in [4.78, 5) is 25.4. The van der Waals surface area contributed by atoms with Crippen molar-refractivity contribution in [1.82, 2.24) is 4.90 Å². The van der Waals surface area contributed by atoms with Crippen LogP contribution in [0.25, 0.3) is 0 Å². The van der Waals surface area contributed by atoms with E-state index in [2.05, 4.69) is 0 Å². The van der Waals surface area contributed by atoms with Crippen LogP contribution in [0.4, 0.5) is 0 Å². The van der Waals surface area contributed by atoms with Gasteiger partial charge in [0.15, 0.2) is 0 Å². The fourth-order valence-electron chi connectivity index (χ4n) is 2.21. The summed E-state index contributed by atoms with van der Waals surface area (Å²) in [6.07, 6.45) is 1.75. The molecule has 1 fully saturated rings. The SMILES string of the molecule is CCOC(=O)C1CCCN(CC(=O)OC(C)(C)C)C1. The molecule has 1 aliphatic heterocycles. The molecule has 110 valence electrons. The Bertz CT molecular complexity index is 322. The molecule has 1 heterocycles.